The van der Waals surface area contributed by atoms with Crippen molar-refractivity contribution in [3.8, 4) is 6.07 Å². The van der Waals surface area contributed by atoms with Crippen molar-refractivity contribution in [2.24, 2.45) is 5.92 Å². The summed E-state index contributed by atoms with van der Waals surface area (Å²) in [7, 11) is 0. The van der Waals surface area contributed by atoms with Gasteiger partial charge in [0, 0.05) is 4.75 Å². The third-order valence-corrected chi connectivity index (χ3v) is 4.14. The zero-order valence-corrected chi connectivity index (χ0v) is 10.4. The molecule has 0 spiro atoms. The zero-order chi connectivity index (χ0) is 10.6. The van der Waals surface area contributed by atoms with Crippen molar-refractivity contribution < 1.29 is 0 Å². The SMILES string of the molecule is CC(C)(C)SC(C#N)C1CCCCC1. The van der Waals surface area contributed by atoms with E-state index in [1.807, 2.05) is 11.8 Å². The molecular formula is C12H21NS. The molecule has 0 bridgehead atoms. The van der Waals surface area contributed by atoms with Crippen molar-refractivity contribution in [3.63, 3.8) is 0 Å². The molecule has 1 rings (SSSR count). The van der Waals surface area contributed by atoms with Gasteiger partial charge in [-0.15, -0.1) is 11.8 Å². The fourth-order valence-electron chi connectivity index (χ4n) is 2.05. The normalized spacial score (nSPS) is 21.6. The second kappa shape index (κ2) is 5.07. The van der Waals surface area contributed by atoms with Crippen LogP contribution < -0.4 is 0 Å². The van der Waals surface area contributed by atoms with Gasteiger partial charge < -0.3 is 0 Å². The minimum atomic E-state index is 0.218. The predicted octanol–water partition coefficient (Wildman–Crippen LogP) is 3.99. The second-order valence-electron chi connectivity index (χ2n) is 5.18. The van der Waals surface area contributed by atoms with E-state index in [9.17, 15) is 5.26 Å². The molecule has 0 aliphatic heterocycles. The van der Waals surface area contributed by atoms with E-state index in [0.717, 1.165) is 0 Å². The lowest BCUT2D eigenvalue weighted by Gasteiger charge is -2.29. The number of hydrogen-bond acceptors (Lipinski definition) is 2. The van der Waals surface area contributed by atoms with Gasteiger partial charge in [-0.05, 0) is 18.8 Å². The first kappa shape index (κ1) is 11.9. The molecule has 0 heterocycles. The summed E-state index contributed by atoms with van der Waals surface area (Å²) in [6, 6.07) is 2.49. The Morgan fingerprint density at radius 1 is 1.21 bits per heavy atom. The van der Waals surface area contributed by atoms with Crippen molar-refractivity contribution in [1.82, 2.24) is 0 Å². The van der Waals surface area contributed by atoms with Crippen molar-refractivity contribution in [2.45, 2.75) is 62.9 Å². The first-order chi connectivity index (χ1) is 6.53. The highest BCUT2D eigenvalue weighted by atomic mass is 32.2. The van der Waals surface area contributed by atoms with E-state index >= 15 is 0 Å². The Kier molecular flexibility index (Phi) is 4.31. The van der Waals surface area contributed by atoms with Gasteiger partial charge in [-0.2, -0.15) is 5.26 Å². The first-order valence-corrected chi connectivity index (χ1v) is 6.48. The van der Waals surface area contributed by atoms with Crippen molar-refractivity contribution in [1.29, 1.82) is 5.26 Å². The molecule has 0 amide bonds. The highest BCUT2D eigenvalue weighted by Gasteiger charge is 2.27. The first-order valence-electron chi connectivity index (χ1n) is 5.60. The molecule has 0 aromatic carbocycles. The molecular weight excluding hydrogens is 190 g/mol. The molecule has 2 heteroatoms. The standard InChI is InChI=1S/C12H21NS/c1-12(2,3)14-11(9-13)10-7-5-4-6-8-10/h10-11H,4-8H2,1-3H3. The van der Waals surface area contributed by atoms with Gasteiger partial charge in [-0.1, -0.05) is 40.0 Å². The molecule has 0 aromatic heterocycles. The molecule has 0 saturated heterocycles. The van der Waals surface area contributed by atoms with Crippen LogP contribution in [-0.2, 0) is 0 Å². The van der Waals surface area contributed by atoms with Crippen LogP contribution >= 0.6 is 11.8 Å². The third kappa shape index (κ3) is 3.92. The van der Waals surface area contributed by atoms with Crippen LogP contribution in [-0.4, -0.2) is 10.00 Å². The average molecular weight is 211 g/mol. The van der Waals surface area contributed by atoms with E-state index in [1.54, 1.807) is 0 Å². The summed E-state index contributed by atoms with van der Waals surface area (Å²) in [4.78, 5) is 0. The topological polar surface area (TPSA) is 23.8 Å². The third-order valence-electron chi connectivity index (χ3n) is 2.69. The second-order valence-corrected chi connectivity index (χ2v) is 7.15. The van der Waals surface area contributed by atoms with Crippen LogP contribution in [0.2, 0.25) is 0 Å². The maximum absolute atomic E-state index is 9.17. The Bertz CT molecular complexity index is 205. The summed E-state index contributed by atoms with van der Waals surface area (Å²) in [5.41, 5.74) is 0. The van der Waals surface area contributed by atoms with Gasteiger partial charge in [-0.25, -0.2) is 0 Å². The van der Waals surface area contributed by atoms with Crippen LogP contribution in [0.15, 0.2) is 0 Å². The Hall–Kier alpha value is -0.160. The molecule has 1 saturated carbocycles. The van der Waals surface area contributed by atoms with Crippen molar-refractivity contribution in [2.75, 3.05) is 0 Å². The lowest BCUT2D eigenvalue weighted by Crippen LogP contribution is -2.24. The quantitative estimate of drug-likeness (QED) is 0.689. The Morgan fingerprint density at radius 3 is 2.21 bits per heavy atom. The highest BCUT2D eigenvalue weighted by Crippen LogP contribution is 2.37. The molecule has 0 radical (unpaired) electrons. The Morgan fingerprint density at radius 2 is 1.79 bits per heavy atom. The van der Waals surface area contributed by atoms with Crippen LogP contribution in [0.25, 0.3) is 0 Å². The van der Waals surface area contributed by atoms with Gasteiger partial charge >= 0.3 is 0 Å². The van der Waals surface area contributed by atoms with Crippen LogP contribution in [0.4, 0.5) is 0 Å². The summed E-state index contributed by atoms with van der Waals surface area (Å²) in [5, 5.41) is 9.39. The molecule has 1 atom stereocenters. The smallest absolute Gasteiger partial charge is 0.0949 e. The molecule has 1 aliphatic rings. The van der Waals surface area contributed by atoms with Crippen LogP contribution in [0.1, 0.15) is 52.9 Å². The van der Waals surface area contributed by atoms with E-state index in [4.69, 9.17) is 0 Å². The maximum atomic E-state index is 9.17. The maximum Gasteiger partial charge on any atom is 0.0949 e. The van der Waals surface area contributed by atoms with E-state index in [0.29, 0.717) is 5.92 Å². The number of thioether (sulfide) groups is 1. The molecule has 80 valence electrons. The molecule has 14 heavy (non-hydrogen) atoms. The van der Waals surface area contributed by atoms with E-state index in [-0.39, 0.29) is 10.00 Å². The van der Waals surface area contributed by atoms with Gasteiger partial charge in [-0.3, -0.25) is 0 Å². The van der Waals surface area contributed by atoms with Crippen LogP contribution in [0.3, 0.4) is 0 Å². The van der Waals surface area contributed by atoms with Gasteiger partial charge in [0.2, 0.25) is 0 Å². The average Bonchev–Trinajstić information content (AvgIpc) is 2.14. The van der Waals surface area contributed by atoms with Crippen LogP contribution in [0, 0.1) is 17.2 Å². The van der Waals surface area contributed by atoms with Gasteiger partial charge in [0.05, 0.1) is 11.3 Å². The molecule has 1 unspecified atom stereocenters. The molecule has 1 nitrogen and oxygen atoms in total. The summed E-state index contributed by atoms with van der Waals surface area (Å²) >= 11 is 1.85. The summed E-state index contributed by atoms with van der Waals surface area (Å²) in [5.74, 6) is 0.651. The molecule has 1 fully saturated rings. The fourth-order valence-corrected chi connectivity index (χ4v) is 3.32. The predicted molar refractivity (Wildman–Crippen MR) is 63.3 cm³/mol. The summed E-state index contributed by atoms with van der Waals surface area (Å²) in [6.45, 7) is 6.60. The van der Waals surface area contributed by atoms with E-state index in [2.05, 4.69) is 26.8 Å². The fraction of sp³-hybridized carbons (Fsp3) is 0.917. The van der Waals surface area contributed by atoms with Crippen molar-refractivity contribution >= 4 is 11.8 Å². The van der Waals surface area contributed by atoms with Crippen LogP contribution in [0.5, 0.6) is 0 Å². The molecule has 0 N–H and O–H groups in total. The van der Waals surface area contributed by atoms with E-state index < -0.39 is 0 Å². The largest absolute Gasteiger partial charge is 0.197 e. The zero-order valence-electron chi connectivity index (χ0n) is 9.55. The number of nitriles is 1. The molecule has 0 aromatic rings. The minimum Gasteiger partial charge on any atom is -0.197 e. The summed E-state index contributed by atoms with van der Waals surface area (Å²) < 4.78 is 0.220. The lowest BCUT2D eigenvalue weighted by atomic mass is 9.87. The Balaban J connectivity index is 2.49. The number of hydrogen-bond donors (Lipinski definition) is 0. The lowest BCUT2D eigenvalue weighted by molar-refractivity contribution is 0.369. The highest BCUT2D eigenvalue weighted by molar-refractivity contribution is 8.01. The van der Waals surface area contributed by atoms with Gasteiger partial charge in [0.1, 0.15) is 0 Å². The number of rotatable bonds is 2. The summed E-state index contributed by atoms with van der Waals surface area (Å²) in [6.07, 6.45) is 6.55. The van der Waals surface area contributed by atoms with Crippen molar-refractivity contribution in [3.05, 3.63) is 0 Å². The minimum absolute atomic E-state index is 0.218. The Labute approximate surface area is 92.3 Å². The van der Waals surface area contributed by atoms with E-state index in [1.165, 1.54) is 32.1 Å². The molecule has 1 aliphatic carbocycles. The monoisotopic (exact) mass is 211 g/mol. The van der Waals surface area contributed by atoms with Gasteiger partial charge in [0.15, 0.2) is 0 Å². The number of nitrogens with zero attached hydrogens (tertiary/aromatic N) is 1. The van der Waals surface area contributed by atoms with Gasteiger partial charge in [0.25, 0.3) is 0 Å².